The number of esters is 1. The number of carbonyl (C=O) groups excluding carboxylic acids is 2. The van der Waals surface area contributed by atoms with Gasteiger partial charge in [-0.1, -0.05) is 36.4 Å². The average molecular weight is 440 g/mol. The first kappa shape index (κ1) is 20.3. The van der Waals surface area contributed by atoms with Gasteiger partial charge in [-0.3, -0.25) is 9.48 Å². The molecule has 0 spiro atoms. The van der Waals surface area contributed by atoms with Crippen molar-refractivity contribution in [3.8, 4) is 0 Å². The van der Waals surface area contributed by atoms with Crippen LogP contribution in [0.3, 0.4) is 0 Å². The van der Waals surface area contributed by atoms with Crippen molar-refractivity contribution in [3.05, 3.63) is 74.9 Å². The van der Waals surface area contributed by atoms with E-state index in [2.05, 4.69) is 10.4 Å². The van der Waals surface area contributed by atoms with Crippen molar-refractivity contribution < 1.29 is 14.3 Å². The second-order valence-electron chi connectivity index (χ2n) is 6.90. The second kappa shape index (κ2) is 8.81. The normalized spacial score (nSPS) is 12.1. The molecule has 0 aliphatic heterocycles. The number of nitrogens with zero attached hydrogens (tertiary/aromatic N) is 2. The van der Waals surface area contributed by atoms with Crippen LogP contribution in [0.4, 0.5) is 0 Å². The topological polar surface area (TPSA) is 73.2 Å². The largest absolute Gasteiger partial charge is 0.448 e. The lowest BCUT2D eigenvalue weighted by atomic mass is 10.2. The third kappa shape index (κ3) is 4.44. The number of rotatable bonds is 7. The van der Waals surface area contributed by atoms with Gasteiger partial charge in [-0.2, -0.15) is 5.10 Å². The minimum absolute atomic E-state index is 0.315. The Morgan fingerprint density at radius 1 is 1.20 bits per heavy atom. The van der Waals surface area contributed by atoms with Gasteiger partial charge >= 0.3 is 5.97 Å². The Morgan fingerprint density at radius 3 is 2.73 bits per heavy atom. The molecule has 4 rings (SSSR count). The third-order valence-corrected chi connectivity index (χ3v) is 6.66. The number of aryl methyl sites for hydroxylation is 1. The van der Waals surface area contributed by atoms with Gasteiger partial charge in [0, 0.05) is 10.3 Å². The smallest absolute Gasteiger partial charge is 0.349 e. The number of nitrogens with one attached hydrogen (secondary N) is 1. The van der Waals surface area contributed by atoms with Crippen LogP contribution < -0.4 is 5.32 Å². The molecule has 1 N–H and O–H groups in total. The lowest BCUT2D eigenvalue weighted by molar-refractivity contribution is -0.129. The van der Waals surface area contributed by atoms with E-state index in [0.29, 0.717) is 18.0 Å². The Hall–Kier alpha value is -2.97. The molecule has 6 nitrogen and oxygen atoms in total. The van der Waals surface area contributed by atoms with E-state index in [0.717, 1.165) is 26.4 Å². The predicted octanol–water partition coefficient (Wildman–Crippen LogP) is 4.38. The van der Waals surface area contributed by atoms with Crippen LogP contribution in [-0.2, 0) is 22.6 Å². The Morgan fingerprint density at radius 2 is 2.00 bits per heavy atom. The molecule has 4 aromatic rings. The number of benzene rings is 1. The first-order chi connectivity index (χ1) is 14.5. The van der Waals surface area contributed by atoms with Crippen LogP contribution in [0.5, 0.6) is 0 Å². The Kier molecular flexibility index (Phi) is 5.96. The first-order valence-electron chi connectivity index (χ1n) is 9.53. The number of hydrogen-bond donors (Lipinski definition) is 1. The van der Waals surface area contributed by atoms with E-state index in [1.165, 1.54) is 11.3 Å². The van der Waals surface area contributed by atoms with Crippen molar-refractivity contribution in [3.63, 3.8) is 0 Å². The molecule has 0 saturated carbocycles. The zero-order valence-corrected chi connectivity index (χ0v) is 18.3. The summed E-state index contributed by atoms with van der Waals surface area (Å²) in [5.41, 5.74) is 1.99. The standard InChI is InChI=1S/C22H21N3O3S2/c1-14-18-11-19(30-21(18)25(24-14)13-16-7-4-3-5-8-16)22(27)28-15(2)20(26)23-12-17-9-6-10-29-17/h3-11,15H,12-13H2,1-2H3,(H,23,26)/t15-/m1/s1. The zero-order chi connectivity index (χ0) is 21.1. The van der Waals surface area contributed by atoms with Gasteiger partial charge in [-0.05, 0) is 36.9 Å². The van der Waals surface area contributed by atoms with Crippen molar-refractivity contribution in [2.24, 2.45) is 0 Å². The van der Waals surface area contributed by atoms with Crippen molar-refractivity contribution in [2.45, 2.75) is 33.0 Å². The van der Waals surface area contributed by atoms with Gasteiger partial charge in [-0.25, -0.2) is 4.79 Å². The third-order valence-electron chi connectivity index (χ3n) is 4.65. The van der Waals surface area contributed by atoms with Gasteiger partial charge in [0.1, 0.15) is 9.71 Å². The number of thiophene rings is 2. The summed E-state index contributed by atoms with van der Waals surface area (Å²) < 4.78 is 7.30. The lowest BCUT2D eigenvalue weighted by Crippen LogP contribution is -2.35. The molecule has 0 bridgehead atoms. The number of fused-ring (bicyclic) bond motifs is 1. The van der Waals surface area contributed by atoms with Gasteiger partial charge in [0.2, 0.25) is 0 Å². The zero-order valence-electron chi connectivity index (χ0n) is 16.6. The highest BCUT2D eigenvalue weighted by atomic mass is 32.1. The highest BCUT2D eigenvalue weighted by molar-refractivity contribution is 7.20. The van der Waals surface area contributed by atoms with Crippen LogP contribution >= 0.6 is 22.7 Å². The molecule has 1 aromatic carbocycles. The SMILES string of the molecule is Cc1nn(Cc2ccccc2)c2sc(C(=O)O[C@H](C)C(=O)NCc3cccs3)cc12. The Bertz CT molecular complexity index is 1160. The van der Waals surface area contributed by atoms with Crippen LogP contribution in [-0.4, -0.2) is 27.8 Å². The molecule has 30 heavy (non-hydrogen) atoms. The van der Waals surface area contributed by atoms with E-state index >= 15 is 0 Å². The highest BCUT2D eigenvalue weighted by Gasteiger charge is 2.22. The summed E-state index contributed by atoms with van der Waals surface area (Å²) >= 11 is 2.90. The Balaban J connectivity index is 1.44. The molecule has 0 radical (unpaired) electrons. The predicted molar refractivity (Wildman–Crippen MR) is 119 cm³/mol. The monoisotopic (exact) mass is 439 g/mol. The molecule has 0 aliphatic carbocycles. The first-order valence-corrected chi connectivity index (χ1v) is 11.2. The van der Waals surface area contributed by atoms with E-state index in [-0.39, 0.29) is 5.91 Å². The van der Waals surface area contributed by atoms with Crippen LogP contribution in [0.25, 0.3) is 10.2 Å². The number of hydrogen-bond acceptors (Lipinski definition) is 6. The van der Waals surface area contributed by atoms with Gasteiger partial charge in [-0.15, -0.1) is 22.7 Å². The van der Waals surface area contributed by atoms with Crippen LogP contribution in [0.2, 0.25) is 0 Å². The molecular weight excluding hydrogens is 418 g/mol. The molecule has 154 valence electrons. The summed E-state index contributed by atoms with van der Waals surface area (Å²) in [4.78, 5) is 27.3. The second-order valence-corrected chi connectivity index (χ2v) is 8.97. The number of amides is 1. The van der Waals surface area contributed by atoms with Crippen molar-refractivity contribution in [1.29, 1.82) is 0 Å². The summed E-state index contributed by atoms with van der Waals surface area (Å²) in [6, 6.07) is 15.7. The summed E-state index contributed by atoms with van der Waals surface area (Å²) in [5, 5.41) is 10.3. The highest BCUT2D eigenvalue weighted by Crippen LogP contribution is 2.29. The fraction of sp³-hybridized carbons (Fsp3) is 0.227. The number of aromatic nitrogens is 2. The molecule has 1 atom stereocenters. The number of ether oxygens (including phenoxy) is 1. The summed E-state index contributed by atoms with van der Waals surface area (Å²) in [6.45, 7) is 4.56. The maximum Gasteiger partial charge on any atom is 0.349 e. The molecular formula is C22H21N3O3S2. The Labute approximate surface area is 182 Å². The van der Waals surface area contributed by atoms with Crippen LogP contribution in [0.1, 0.15) is 32.7 Å². The molecule has 0 saturated heterocycles. The molecule has 0 unspecified atom stereocenters. The molecule has 1 amide bonds. The van der Waals surface area contributed by atoms with Gasteiger partial charge in [0.05, 0.1) is 18.8 Å². The van der Waals surface area contributed by atoms with Crippen LogP contribution in [0.15, 0.2) is 53.9 Å². The van der Waals surface area contributed by atoms with E-state index < -0.39 is 12.1 Å². The van der Waals surface area contributed by atoms with E-state index in [4.69, 9.17) is 4.74 Å². The minimum Gasteiger partial charge on any atom is -0.448 e. The summed E-state index contributed by atoms with van der Waals surface area (Å²) in [7, 11) is 0. The summed E-state index contributed by atoms with van der Waals surface area (Å²) in [6.07, 6.45) is -0.871. The van der Waals surface area contributed by atoms with Gasteiger partial charge in [0.15, 0.2) is 6.10 Å². The van der Waals surface area contributed by atoms with Crippen molar-refractivity contribution >= 4 is 44.8 Å². The molecule has 3 aromatic heterocycles. The molecule has 0 fully saturated rings. The quantitative estimate of drug-likeness (QED) is 0.434. The van der Waals surface area contributed by atoms with Crippen LogP contribution in [0, 0.1) is 6.92 Å². The molecule has 0 aliphatic rings. The van der Waals surface area contributed by atoms with Crippen molar-refractivity contribution in [2.75, 3.05) is 0 Å². The van der Waals surface area contributed by atoms with Crippen molar-refractivity contribution in [1.82, 2.24) is 15.1 Å². The molecule has 3 heterocycles. The minimum atomic E-state index is -0.871. The van der Waals surface area contributed by atoms with Gasteiger partial charge in [0.25, 0.3) is 5.91 Å². The summed E-state index contributed by atoms with van der Waals surface area (Å²) in [5.74, 6) is -0.815. The number of carbonyl (C=O) groups is 2. The maximum absolute atomic E-state index is 12.6. The fourth-order valence-corrected chi connectivity index (χ4v) is 4.77. The average Bonchev–Trinajstić information content (AvgIpc) is 3.46. The van der Waals surface area contributed by atoms with E-state index in [1.54, 1.807) is 24.3 Å². The fourth-order valence-electron chi connectivity index (χ4n) is 3.08. The van der Waals surface area contributed by atoms with E-state index in [1.807, 2.05) is 59.5 Å². The van der Waals surface area contributed by atoms with E-state index in [9.17, 15) is 9.59 Å². The maximum atomic E-state index is 12.6. The molecule has 8 heteroatoms. The lowest BCUT2D eigenvalue weighted by Gasteiger charge is -2.12. The van der Waals surface area contributed by atoms with Gasteiger partial charge < -0.3 is 10.1 Å².